The molecule has 0 aliphatic carbocycles. The number of aryl methyl sites for hydroxylation is 1. The Kier molecular flexibility index (Phi) is 3.05. The van der Waals surface area contributed by atoms with Crippen molar-refractivity contribution in [2.24, 2.45) is 0 Å². The molecule has 1 heterocycles. The molecule has 0 aliphatic heterocycles. The molecule has 0 fully saturated rings. The van der Waals surface area contributed by atoms with Crippen molar-refractivity contribution in [3.8, 4) is 0 Å². The van der Waals surface area contributed by atoms with Crippen LogP contribution in [0.3, 0.4) is 0 Å². The molecule has 1 aromatic carbocycles. The molecule has 0 saturated heterocycles. The summed E-state index contributed by atoms with van der Waals surface area (Å²) < 4.78 is 1.34. The third-order valence-electron chi connectivity index (χ3n) is 2.38. The zero-order valence-corrected chi connectivity index (χ0v) is 10.3. The van der Waals surface area contributed by atoms with Crippen LogP contribution in [0.2, 0.25) is 0 Å². The van der Waals surface area contributed by atoms with E-state index in [9.17, 15) is 0 Å². The second-order valence-corrected chi connectivity index (χ2v) is 4.82. The second kappa shape index (κ2) is 4.13. The highest BCUT2D eigenvalue weighted by Gasteiger charge is 2.09. The molecule has 0 unspecified atom stereocenters. The van der Waals surface area contributed by atoms with Gasteiger partial charge in [0.25, 0.3) is 0 Å². The quantitative estimate of drug-likeness (QED) is 0.582. The zero-order chi connectivity index (χ0) is 10.1. The lowest BCUT2D eigenvalue weighted by Gasteiger charge is -2.02. The Morgan fingerprint density at radius 2 is 2.14 bits per heavy atom. The van der Waals surface area contributed by atoms with Crippen LogP contribution in [-0.2, 0) is 12.3 Å². The molecule has 1 aromatic heterocycles. The van der Waals surface area contributed by atoms with E-state index < -0.39 is 0 Å². The van der Waals surface area contributed by atoms with Crippen molar-refractivity contribution in [1.82, 2.24) is 0 Å². The van der Waals surface area contributed by atoms with Crippen molar-refractivity contribution >= 4 is 45.7 Å². The van der Waals surface area contributed by atoms with E-state index >= 15 is 0 Å². The van der Waals surface area contributed by atoms with Gasteiger partial charge in [-0.25, -0.2) is 0 Å². The van der Waals surface area contributed by atoms with Crippen molar-refractivity contribution in [3.63, 3.8) is 0 Å². The average Bonchev–Trinajstić information content (AvgIpc) is 2.63. The number of thiol groups is 1. The molecular weight excluding hydrogens is 232 g/mol. The van der Waals surface area contributed by atoms with Crippen LogP contribution in [0, 0.1) is 0 Å². The fourth-order valence-electron chi connectivity index (χ4n) is 1.63. The van der Waals surface area contributed by atoms with Crippen LogP contribution in [-0.4, -0.2) is 0 Å². The first-order valence-corrected chi connectivity index (χ1v) is 6.41. The standard InChI is InChI=1S/C11H11ClS2/c1-2-7-3-4-9(13)10-8(5-12)6-14-11(7)10/h3-4,6,13H,2,5H2,1H3. The highest BCUT2D eigenvalue weighted by Crippen LogP contribution is 2.34. The Balaban J connectivity index is 2.80. The van der Waals surface area contributed by atoms with E-state index in [1.807, 2.05) is 0 Å². The van der Waals surface area contributed by atoms with Gasteiger partial charge in [-0.05, 0) is 29.0 Å². The number of alkyl halides is 1. The largest absolute Gasteiger partial charge is 0.143 e. The molecule has 74 valence electrons. The summed E-state index contributed by atoms with van der Waals surface area (Å²) in [5.74, 6) is 0.570. The fraction of sp³-hybridized carbons (Fsp3) is 0.273. The summed E-state index contributed by atoms with van der Waals surface area (Å²) in [5.41, 5.74) is 2.59. The molecule has 2 rings (SSSR count). The number of fused-ring (bicyclic) bond motifs is 1. The maximum Gasteiger partial charge on any atom is 0.0488 e. The van der Waals surface area contributed by atoms with Crippen molar-refractivity contribution in [3.05, 3.63) is 28.6 Å². The fourth-order valence-corrected chi connectivity index (χ4v) is 3.52. The van der Waals surface area contributed by atoms with Gasteiger partial charge in [-0.3, -0.25) is 0 Å². The topological polar surface area (TPSA) is 0 Å². The molecule has 0 aliphatic rings. The van der Waals surface area contributed by atoms with Gasteiger partial charge in [0.2, 0.25) is 0 Å². The van der Waals surface area contributed by atoms with Gasteiger partial charge in [0.15, 0.2) is 0 Å². The van der Waals surface area contributed by atoms with Crippen LogP contribution >= 0.6 is 35.6 Å². The number of hydrogen-bond acceptors (Lipinski definition) is 2. The first-order valence-electron chi connectivity index (χ1n) is 4.54. The minimum Gasteiger partial charge on any atom is -0.143 e. The average molecular weight is 243 g/mol. The maximum atomic E-state index is 5.89. The summed E-state index contributed by atoms with van der Waals surface area (Å²) >= 11 is 12.1. The maximum absolute atomic E-state index is 5.89. The van der Waals surface area contributed by atoms with E-state index in [0.29, 0.717) is 5.88 Å². The first-order chi connectivity index (χ1) is 6.77. The molecule has 0 spiro atoms. The molecule has 0 radical (unpaired) electrons. The molecule has 0 bridgehead atoms. The van der Waals surface area contributed by atoms with Gasteiger partial charge in [-0.15, -0.1) is 35.6 Å². The third-order valence-corrected chi connectivity index (χ3v) is 4.15. The first kappa shape index (κ1) is 10.3. The lowest BCUT2D eigenvalue weighted by atomic mass is 10.1. The van der Waals surface area contributed by atoms with Crippen molar-refractivity contribution in [1.29, 1.82) is 0 Å². The summed E-state index contributed by atoms with van der Waals surface area (Å²) in [6, 6.07) is 4.21. The zero-order valence-electron chi connectivity index (χ0n) is 7.88. The predicted molar refractivity (Wildman–Crippen MR) is 68.0 cm³/mol. The van der Waals surface area contributed by atoms with Gasteiger partial charge < -0.3 is 0 Å². The molecule has 0 atom stereocenters. The smallest absolute Gasteiger partial charge is 0.0488 e. The van der Waals surface area contributed by atoms with Gasteiger partial charge in [-0.2, -0.15) is 0 Å². The van der Waals surface area contributed by atoms with Crippen LogP contribution < -0.4 is 0 Å². The van der Waals surface area contributed by atoms with Gasteiger partial charge >= 0.3 is 0 Å². The van der Waals surface area contributed by atoms with Gasteiger partial charge in [0.05, 0.1) is 0 Å². The van der Waals surface area contributed by atoms with Crippen LogP contribution in [0.1, 0.15) is 18.1 Å². The molecule has 0 amide bonds. The van der Waals surface area contributed by atoms with Crippen molar-refractivity contribution in [2.75, 3.05) is 0 Å². The number of thiophene rings is 1. The Morgan fingerprint density at radius 1 is 1.36 bits per heavy atom. The summed E-state index contributed by atoms with van der Waals surface area (Å²) in [6.07, 6.45) is 1.06. The molecule has 0 nitrogen and oxygen atoms in total. The summed E-state index contributed by atoms with van der Waals surface area (Å²) in [4.78, 5) is 1.04. The second-order valence-electron chi connectivity index (χ2n) is 3.20. The lowest BCUT2D eigenvalue weighted by molar-refractivity contribution is 1.16. The van der Waals surface area contributed by atoms with Crippen molar-refractivity contribution < 1.29 is 0 Å². The normalized spacial score (nSPS) is 11.1. The Labute approximate surface area is 98.3 Å². The summed E-state index contributed by atoms with van der Waals surface area (Å²) in [6.45, 7) is 2.17. The van der Waals surface area contributed by atoms with Gasteiger partial charge in [-0.1, -0.05) is 13.0 Å². The number of halogens is 1. The summed E-state index contributed by atoms with van der Waals surface area (Å²) in [7, 11) is 0. The summed E-state index contributed by atoms with van der Waals surface area (Å²) in [5, 5.41) is 3.38. The molecule has 0 N–H and O–H groups in total. The van der Waals surface area contributed by atoms with Crippen LogP contribution in [0.15, 0.2) is 22.4 Å². The van der Waals surface area contributed by atoms with Crippen LogP contribution in [0.4, 0.5) is 0 Å². The highest BCUT2D eigenvalue weighted by molar-refractivity contribution is 7.80. The molecule has 2 aromatic rings. The lowest BCUT2D eigenvalue weighted by Crippen LogP contribution is -1.82. The Hall–Kier alpha value is -0.180. The van der Waals surface area contributed by atoms with E-state index in [-0.39, 0.29) is 0 Å². The van der Waals surface area contributed by atoms with Gasteiger partial charge in [0.1, 0.15) is 0 Å². The number of rotatable bonds is 2. The van der Waals surface area contributed by atoms with E-state index in [2.05, 4.69) is 37.1 Å². The van der Waals surface area contributed by atoms with E-state index in [1.165, 1.54) is 21.2 Å². The Bertz CT molecular complexity index is 460. The monoisotopic (exact) mass is 242 g/mol. The Morgan fingerprint density at radius 3 is 2.79 bits per heavy atom. The SMILES string of the molecule is CCc1ccc(S)c2c(CCl)csc12. The van der Waals surface area contributed by atoms with E-state index in [4.69, 9.17) is 11.6 Å². The minimum atomic E-state index is 0.570. The molecule has 14 heavy (non-hydrogen) atoms. The number of benzene rings is 1. The minimum absolute atomic E-state index is 0.570. The van der Waals surface area contributed by atoms with Crippen LogP contribution in [0.25, 0.3) is 10.1 Å². The molecule has 3 heteroatoms. The van der Waals surface area contributed by atoms with E-state index in [0.717, 1.165) is 11.3 Å². The van der Waals surface area contributed by atoms with Crippen LogP contribution in [0.5, 0.6) is 0 Å². The highest BCUT2D eigenvalue weighted by atomic mass is 35.5. The predicted octanol–water partition coefficient (Wildman–Crippen LogP) is 4.49. The molecular formula is C11H11ClS2. The van der Waals surface area contributed by atoms with Gasteiger partial charge in [0, 0.05) is 20.9 Å². The third kappa shape index (κ3) is 1.56. The van der Waals surface area contributed by atoms with Crippen molar-refractivity contribution in [2.45, 2.75) is 24.1 Å². The number of hydrogen-bond donors (Lipinski definition) is 1. The van der Waals surface area contributed by atoms with E-state index in [1.54, 1.807) is 11.3 Å². The molecule has 0 saturated carbocycles.